The van der Waals surface area contributed by atoms with Gasteiger partial charge in [0.05, 0.1) is 11.5 Å². The van der Waals surface area contributed by atoms with Crippen LogP contribution in [0.5, 0.6) is 0 Å². The minimum atomic E-state index is -0.511. The molecule has 0 atom stereocenters. The topological polar surface area (TPSA) is 95.7 Å². The number of hydrogen-bond donors (Lipinski definition) is 2. The van der Waals surface area contributed by atoms with E-state index in [1.54, 1.807) is 12.1 Å². The molecule has 0 fully saturated rings. The van der Waals surface area contributed by atoms with E-state index in [2.05, 4.69) is 5.32 Å². The number of rotatable bonds is 6. The van der Waals surface area contributed by atoms with Crippen LogP contribution in [0.4, 0.5) is 17.1 Å². The predicted octanol–water partition coefficient (Wildman–Crippen LogP) is 2.28. The second-order valence-corrected chi connectivity index (χ2v) is 4.95. The van der Waals surface area contributed by atoms with E-state index >= 15 is 0 Å². The number of aliphatic hydroxyl groups excluding tert-OH is 1. The van der Waals surface area contributed by atoms with Crippen molar-refractivity contribution in [2.75, 3.05) is 30.4 Å². The molecule has 0 radical (unpaired) electrons. The molecular weight excluding hydrogens is 298 g/mol. The van der Waals surface area contributed by atoms with E-state index in [0.717, 1.165) is 5.69 Å². The van der Waals surface area contributed by atoms with Crippen LogP contribution < -0.4 is 10.2 Å². The van der Waals surface area contributed by atoms with Crippen molar-refractivity contribution in [1.82, 2.24) is 0 Å². The number of amides is 1. The third-order valence-electron chi connectivity index (χ3n) is 3.34. The molecule has 7 nitrogen and oxygen atoms in total. The number of benzene rings is 2. The molecule has 2 rings (SSSR count). The van der Waals surface area contributed by atoms with Gasteiger partial charge in [0.25, 0.3) is 11.6 Å². The lowest BCUT2D eigenvalue weighted by Crippen LogP contribution is -2.21. The largest absolute Gasteiger partial charge is 0.395 e. The van der Waals surface area contributed by atoms with Gasteiger partial charge in [-0.3, -0.25) is 14.9 Å². The van der Waals surface area contributed by atoms with E-state index in [1.807, 2.05) is 24.1 Å². The monoisotopic (exact) mass is 315 g/mol. The van der Waals surface area contributed by atoms with Gasteiger partial charge < -0.3 is 15.3 Å². The Balaban J connectivity index is 2.03. The van der Waals surface area contributed by atoms with Gasteiger partial charge in [0.15, 0.2) is 0 Å². The summed E-state index contributed by atoms with van der Waals surface area (Å²) in [4.78, 5) is 24.1. The fourth-order valence-corrected chi connectivity index (χ4v) is 2.02. The Hall–Kier alpha value is -2.93. The summed E-state index contributed by atoms with van der Waals surface area (Å²) in [6.07, 6.45) is 0. The van der Waals surface area contributed by atoms with Crippen LogP contribution in [0.3, 0.4) is 0 Å². The second kappa shape index (κ2) is 7.37. The number of hydrogen-bond acceptors (Lipinski definition) is 5. The smallest absolute Gasteiger partial charge is 0.269 e. The van der Waals surface area contributed by atoms with Crippen LogP contribution >= 0.6 is 0 Å². The second-order valence-electron chi connectivity index (χ2n) is 4.95. The van der Waals surface area contributed by atoms with Gasteiger partial charge in [-0.25, -0.2) is 0 Å². The van der Waals surface area contributed by atoms with Crippen LogP contribution in [-0.4, -0.2) is 36.1 Å². The molecule has 0 aromatic heterocycles. The van der Waals surface area contributed by atoms with Gasteiger partial charge in [-0.1, -0.05) is 0 Å². The van der Waals surface area contributed by atoms with Gasteiger partial charge in [-0.05, 0) is 36.4 Å². The molecule has 0 bridgehead atoms. The molecule has 0 heterocycles. The van der Waals surface area contributed by atoms with Crippen LogP contribution in [0.2, 0.25) is 0 Å². The zero-order chi connectivity index (χ0) is 16.8. The van der Waals surface area contributed by atoms with Crippen LogP contribution in [-0.2, 0) is 0 Å². The highest BCUT2D eigenvalue weighted by molar-refractivity contribution is 6.04. The lowest BCUT2D eigenvalue weighted by molar-refractivity contribution is -0.384. The molecule has 2 aromatic carbocycles. The first kappa shape index (κ1) is 16.4. The first-order valence-electron chi connectivity index (χ1n) is 6.99. The Labute approximate surface area is 133 Å². The van der Waals surface area contributed by atoms with E-state index in [9.17, 15) is 14.9 Å². The number of anilines is 2. The summed E-state index contributed by atoms with van der Waals surface area (Å²) >= 11 is 0. The van der Waals surface area contributed by atoms with E-state index in [1.165, 1.54) is 24.3 Å². The first-order valence-corrected chi connectivity index (χ1v) is 6.99. The maximum absolute atomic E-state index is 12.1. The number of nitro groups is 1. The zero-order valence-electron chi connectivity index (χ0n) is 12.6. The molecule has 23 heavy (non-hydrogen) atoms. The van der Waals surface area contributed by atoms with Crippen molar-refractivity contribution in [2.24, 2.45) is 0 Å². The first-order chi connectivity index (χ1) is 11.0. The number of carbonyl (C=O) groups is 1. The van der Waals surface area contributed by atoms with Crippen molar-refractivity contribution in [3.8, 4) is 0 Å². The molecule has 0 aliphatic carbocycles. The fraction of sp³-hybridized carbons (Fsp3) is 0.188. The average Bonchev–Trinajstić information content (AvgIpc) is 2.55. The summed E-state index contributed by atoms with van der Waals surface area (Å²) in [7, 11) is 1.86. The van der Waals surface area contributed by atoms with Crippen molar-refractivity contribution < 1.29 is 14.8 Å². The standard InChI is InChI=1S/C16H17N3O4/c1-18(10-11-20)14-8-4-13(5-9-14)17-16(21)12-2-6-15(7-3-12)19(22)23/h2-9,20H,10-11H2,1H3,(H,17,21). The molecule has 0 aliphatic rings. The van der Waals surface area contributed by atoms with Crippen molar-refractivity contribution in [2.45, 2.75) is 0 Å². The van der Waals surface area contributed by atoms with E-state index in [0.29, 0.717) is 17.8 Å². The Kier molecular flexibility index (Phi) is 5.27. The van der Waals surface area contributed by atoms with E-state index in [-0.39, 0.29) is 18.2 Å². The molecule has 0 saturated carbocycles. The van der Waals surface area contributed by atoms with Gasteiger partial charge in [-0.2, -0.15) is 0 Å². The van der Waals surface area contributed by atoms with Gasteiger partial charge >= 0.3 is 0 Å². The summed E-state index contributed by atoms with van der Waals surface area (Å²) in [5.41, 5.74) is 1.83. The third kappa shape index (κ3) is 4.27. The Morgan fingerprint density at radius 1 is 1.17 bits per heavy atom. The molecule has 2 N–H and O–H groups in total. The van der Waals surface area contributed by atoms with Gasteiger partial charge in [-0.15, -0.1) is 0 Å². The number of carbonyl (C=O) groups excluding carboxylic acids is 1. The van der Waals surface area contributed by atoms with Crippen molar-refractivity contribution in [1.29, 1.82) is 0 Å². The SMILES string of the molecule is CN(CCO)c1ccc(NC(=O)c2ccc([N+](=O)[O-])cc2)cc1. The van der Waals surface area contributed by atoms with Gasteiger partial charge in [0, 0.05) is 42.7 Å². The summed E-state index contributed by atoms with van der Waals surface area (Å²) in [6.45, 7) is 0.587. The summed E-state index contributed by atoms with van der Waals surface area (Å²) in [6, 6.07) is 12.6. The molecule has 7 heteroatoms. The minimum Gasteiger partial charge on any atom is -0.395 e. The molecule has 0 aliphatic heterocycles. The summed E-state index contributed by atoms with van der Waals surface area (Å²) in [5, 5.41) is 22.2. The summed E-state index contributed by atoms with van der Waals surface area (Å²) in [5.74, 6) is -0.337. The summed E-state index contributed by atoms with van der Waals surface area (Å²) < 4.78 is 0. The average molecular weight is 315 g/mol. The van der Waals surface area contributed by atoms with Gasteiger partial charge in [0.1, 0.15) is 0 Å². The molecule has 0 unspecified atom stereocenters. The minimum absolute atomic E-state index is 0.0576. The quantitative estimate of drug-likeness (QED) is 0.630. The Morgan fingerprint density at radius 3 is 2.30 bits per heavy atom. The van der Waals surface area contributed by atoms with Crippen molar-refractivity contribution in [3.63, 3.8) is 0 Å². The number of nitro benzene ring substituents is 1. The van der Waals surface area contributed by atoms with E-state index in [4.69, 9.17) is 5.11 Å². The number of likely N-dealkylation sites (N-methyl/N-ethyl adjacent to an activating group) is 1. The zero-order valence-corrected chi connectivity index (χ0v) is 12.6. The number of nitrogens with one attached hydrogen (secondary N) is 1. The Bertz CT molecular complexity index is 683. The molecule has 1 amide bonds. The molecule has 0 saturated heterocycles. The van der Waals surface area contributed by atoms with Crippen molar-refractivity contribution in [3.05, 3.63) is 64.2 Å². The predicted molar refractivity (Wildman–Crippen MR) is 87.8 cm³/mol. The highest BCUT2D eigenvalue weighted by Crippen LogP contribution is 2.18. The van der Waals surface area contributed by atoms with Crippen LogP contribution in [0, 0.1) is 10.1 Å². The lowest BCUT2D eigenvalue weighted by atomic mass is 10.2. The van der Waals surface area contributed by atoms with Gasteiger partial charge in [0.2, 0.25) is 0 Å². The van der Waals surface area contributed by atoms with Crippen LogP contribution in [0.25, 0.3) is 0 Å². The normalized spacial score (nSPS) is 10.2. The van der Waals surface area contributed by atoms with Crippen molar-refractivity contribution >= 4 is 23.0 Å². The molecule has 120 valence electrons. The molecule has 0 spiro atoms. The highest BCUT2D eigenvalue weighted by Gasteiger charge is 2.10. The highest BCUT2D eigenvalue weighted by atomic mass is 16.6. The maximum atomic E-state index is 12.1. The fourth-order valence-electron chi connectivity index (χ4n) is 2.02. The number of non-ortho nitro benzene ring substituents is 1. The van der Waals surface area contributed by atoms with E-state index < -0.39 is 4.92 Å². The number of nitrogens with zero attached hydrogens (tertiary/aromatic N) is 2. The number of aliphatic hydroxyl groups is 1. The molecular formula is C16H17N3O4. The van der Waals surface area contributed by atoms with Crippen LogP contribution in [0.15, 0.2) is 48.5 Å². The molecule has 2 aromatic rings. The van der Waals surface area contributed by atoms with Crippen LogP contribution in [0.1, 0.15) is 10.4 Å². The lowest BCUT2D eigenvalue weighted by Gasteiger charge is -2.18. The third-order valence-corrected chi connectivity index (χ3v) is 3.34. The maximum Gasteiger partial charge on any atom is 0.269 e. The Morgan fingerprint density at radius 2 is 1.78 bits per heavy atom.